The third-order valence-corrected chi connectivity index (χ3v) is 4.33. The molecule has 1 aliphatic heterocycles. The van der Waals surface area contributed by atoms with E-state index < -0.39 is 10.0 Å². The summed E-state index contributed by atoms with van der Waals surface area (Å²) in [5, 5.41) is 0. The highest BCUT2D eigenvalue weighted by Crippen LogP contribution is 2.10. The van der Waals surface area contributed by atoms with E-state index in [9.17, 15) is 13.2 Å². The number of aromatic nitrogens is 1. The van der Waals surface area contributed by atoms with Crippen molar-refractivity contribution in [3.8, 4) is 0 Å². The molecule has 1 aliphatic rings. The molecule has 0 spiro atoms. The van der Waals surface area contributed by atoms with Crippen LogP contribution in [0.25, 0.3) is 0 Å². The van der Waals surface area contributed by atoms with Gasteiger partial charge in [-0.15, -0.1) is 0 Å². The predicted octanol–water partition coefficient (Wildman–Crippen LogP) is -0.435. The van der Waals surface area contributed by atoms with Crippen molar-refractivity contribution >= 4 is 21.7 Å². The van der Waals surface area contributed by atoms with E-state index in [0.717, 1.165) is 19.0 Å². The van der Waals surface area contributed by atoms with E-state index in [4.69, 9.17) is 5.73 Å². The van der Waals surface area contributed by atoms with Gasteiger partial charge in [0.05, 0.1) is 6.54 Å². The zero-order valence-corrected chi connectivity index (χ0v) is 11.2. The summed E-state index contributed by atoms with van der Waals surface area (Å²) in [5.41, 5.74) is 5.39. The van der Waals surface area contributed by atoms with Crippen LogP contribution in [0.1, 0.15) is 12.8 Å². The van der Waals surface area contributed by atoms with Crippen molar-refractivity contribution < 1.29 is 13.2 Å². The largest absolute Gasteiger partial charge is 0.384 e. The molecule has 2 rings (SSSR count). The quantitative estimate of drug-likeness (QED) is 0.780. The number of hydrogen-bond donors (Lipinski definition) is 2. The van der Waals surface area contributed by atoms with Gasteiger partial charge in [0.25, 0.3) is 0 Å². The van der Waals surface area contributed by atoms with Crippen molar-refractivity contribution in [3.05, 3.63) is 18.3 Å². The molecule has 0 saturated carbocycles. The van der Waals surface area contributed by atoms with Gasteiger partial charge in [0, 0.05) is 19.3 Å². The van der Waals surface area contributed by atoms with Crippen LogP contribution in [0.4, 0.5) is 5.82 Å². The van der Waals surface area contributed by atoms with Crippen molar-refractivity contribution in [1.82, 2.24) is 14.6 Å². The summed E-state index contributed by atoms with van der Waals surface area (Å²) in [4.78, 5) is 17.1. The molecule has 1 aromatic rings. The van der Waals surface area contributed by atoms with Crippen LogP contribution in [0.2, 0.25) is 0 Å². The average molecular weight is 284 g/mol. The fourth-order valence-corrected chi connectivity index (χ4v) is 2.79. The maximum absolute atomic E-state index is 11.9. The van der Waals surface area contributed by atoms with E-state index in [2.05, 4.69) is 9.71 Å². The molecular formula is C11H16N4O3S. The number of nitrogens with one attached hydrogen (secondary N) is 1. The predicted molar refractivity (Wildman–Crippen MR) is 69.7 cm³/mol. The topological polar surface area (TPSA) is 105 Å². The molecule has 1 amide bonds. The van der Waals surface area contributed by atoms with Crippen LogP contribution in [0, 0.1) is 0 Å². The Morgan fingerprint density at radius 2 is 2.05 bits per heavy atom. The summed E-state index contributed by atoms with van der Waals surface area (Å²) >= 11 is 0. The number of likely N-dealkylation sites (tertiary alicyclic amines) is 1. The van der Waals surface area contributed by atoms with Gasteiger partial charge in [-0.2, -0.15) is 0 Å². The van der Waals surface area contributed by atoms with Crippen molar-refractivity contribution in [1.29, 1.82) is 0 Å². The second kappa shape index (κ2) is 5.54. The molecule has 0 radical (unpaired) electrons. The number of anilines is 1. The maximum atomic E-state index is 11.9. The summed E-state index contributed by atoms with van der Waals surface area (Å²) in [6, 6.07) is 2.75. The molecule has 7 nitrogen and oxygen atoms in total. The maximum Gasteiger partial charge on any atom is 0.242 e. The van der Waals surface area contributed by atoms with Gasteiger partial charge in [-0.3, -0.25) is 4.79 Å². The number of amides is 1. The van der Waals surface area contributed by atoms with E-state index in [-0.39, 0.29) is 23.2 Å². The van der Waals surface area contributed by atoms with Gasteiger partial charge < -0.3 is 10.6 Å². The van der Waals surface area contributed by atoms with E-state index in [0.29, 0.717) is 13.1 Å². The number of hydrogen-bond acceptors (Lipinski definition) is 5. The summed E-state index contributed by atoms with van der Waals surface area (Å²) in [7, 11) is -3.72. The minimum atomic E-state index is -3.72. The third-order valence-electron chi connectivity index (χ3n) is 2.94. The number of pyridine rings is 1. The molecule has 104 valence electrons. The van der Waals surface area contributed by atoms with Crippen LogP contribution in [0.5, 0.6) is 0 Å². The molecular weight excluding hydrogens is 268 g/mol. The van der Waals surface area contributed by atoms with Gasteiger partial charge in [0.15, 0.2) is 0 Å². The standard InChI is InChI=1S/C11H16N4O3S/c12-10-4-3-9(7-13-10)19(17,18)14-8-11(16)15-5-1-2-6-15/h3-4,7,14H,1-2,5-6,8H2,(H2,12,13). The van der Waals surface area contributed by atoms with E-state index in [1.165, 1.54) is 12.1 Å². The van der Waals surface area contributed by atoms with Gasteiger partial charge in [-0.05, 0) is 25.0 Å². The Kier molecular flexibility index (Phi) is 4.01. The number of nitrogens with zero attached hydrogens (tertiary/aromatic N) is 2. The van der Waals surface area contributed by atoms with Crippen LogP contribution in [-0.2, 0) is 14.8 Å². The lowest BCUT2D eigenvalue weighted by Gasteiger charge is -2.15. The Morgan fingerprint density at radius 1 is 1.37 bits per heavy atom. The first-order valence-corrected chi connectivity index (χ1v) is 7.46. The zero-order valence-electron chi connectivity index (χ0n) is 10.4. The molecule has 19 heavy (non-hydrogen) atoms. The average Bonchev–Trinajstić information content (AvgIpc) is 2.90. The number of carbonyl (C=O) groups excluding carboxylic acids is 1. The van der Waals surface area contributed by atoms with Gasteiger partial charge >= 0.3 is 0 Å². The Morgan fingerprint density at radius 3 is 2.63 bits per heavy atom. The van der Waals surface area contributed by atoms with E-state index >= 15 is 0 Å². The highest BCUT2D eigenvalue weighted by Gasteiger charge is 2.21. The van der Waals surface area contributed by atoms with Crippen LogP contribution < -0.4 is 10.5 Å². The van der Waals surface area contributed by atoms with Crippen LogP contribution >= 0.6 is 0 Å². The molecule has 1 saturated heterocycles. The third kappa shape index (κ3) is 3.42. The summed E-state index contributed by atoms with van der Waals surface area (Å²) in [5.74, 6) is 0.0385. The van der Waals surface area contributed by atoms with Crippen molar-refractivity contribution in [2.45, 2.75) is 17.7 Å². The Labute approximate surface area is 111 Å². The number of carbonyl (C=O) groups is 1. The highest BCUT2D eigenvalue weighted by atomic mass is 32.2. The van der Waals surface area contributed by atoms with Crippen molar-refractivity contribution in [3.63, 3.8) is 0 Å². The minimum absolute atomic E-state index is 0.00378. The molecule has 1 fully saturated rings. The van der Waals surface area contributed by atoms with Crippen molar-refractivity contribution in [2.75, 3.05) is 25.4 Å². The first-order valence-electron chi connectivity index (χ1n) is 5.98. The summed E-state index contributed by atoms with van der Waals surface area (Å²) in [6.45, 7) is 1.17. The zero-order chi connectivity index (χ0) is 13.9. The summed E-state index contributed by atoms with van der Waals surface area (Å²) < 4.78 is 26.1. The molecule has 3 N–H and O–H groups in total. The van der Waals surface area contributed by atoms with Gasteiger partial charge in [0.1, 0.15) is 10.7 Å². The van der Waals surface area contributed by atoms with Gasteiger partial charge in [0.2, 0.25) is 15.9 Å². The van der Waals surface area contributed by atoms with Gasteiger partial charge in [-0.1, -0.05) is 0 Å². The molecule has 8 heteroatoms. The normalized spacial score (nSPS) is 15.7. The minimum Gasteiger partial charge on any atom is -0.384 e. The molecule has 0 aromatic carbocycles. The number of rotatable bonds is 4. The Balaban J connectivity index is 1.97. The van der Waals surface area contributed by atoms with Gasteiger partial charge in [-0.25, -0.2) is 18.1 Å². The number of nitrogens with two attached hydrogens (primary N) is 1. The molecule has 2 heterocycles. The molecule has 0 bridgehead atoms. The fourth-order valence-electron chi connectivity index (χ4n) is 1.87. The highest BCUT2D eigenvalue weighted by molar-refractivity contribution is 7.89. The lowest BCUT2D eigenvalue weighted by atomic mass is 10.4. The Hall–Kier alpha value is -1.67. The Bertz CT molecular complexity index is 550. The lowest BCUT2D eigenvalue weighted by Crippen LogP contribution is -2.38. The lowest BCUT2D eigenvalue weighted by molar-refractivity contribution is -0.128. The van der Waals surface area contributed by atoms with E-state index in [1.807, 2.05) is 0 Å². The smallest absolute Gasteiger partial charge is 0.242 e. The summed E-state index contributed by atoms with van der Waals surface area (Å²) in [6.07, 6.45) is 3.11. The molecule has 0 aliphatic carbocycles. The molecule has 1 aromatic heterocycles. The first kappa shape index (κ1) is 13.8. The number of sulfonamides is 1. The van der Waals surface area contributed by atoms with Crippen LogP contribution in [0.3, 0.4) is 0 Å². The molecule has 0 atom stereocenters. The fraction of sp³-hybridized carbons (Fsp3) is 0.455. The monoisotopic (exact) mass is 284 g/mol. The number of nitrogen functional groups attached to an aromatic ring is 1. The second-order valence-corrected chi connectivity index (χ2v) is 6.10. The van der Waals surface area contributed by atoms with Crippen LogP contribution in [0.15, 0.2) is 23.2 Å². The SMILES string of the molecule is Nc1ccc(S(=O)(=O)NCC(=O)N2CCCC2)cn1. The van der Waals surface area contributed by atoms with E-state index in [1.54, 1.807) is 4.90 Å². The molecule has 0 unspecified atom stereocenters. The van der Waals surface area contributed by atoms with Crippen LogP contribution in [-0.4, -0.2) is 43.8 Å². The van der Waals surface area contributed by atoms with Crippen molar-refractivity contribution in [2.24, 2.45) is 0 Å². The first-order chi connectivity index (χ1) is 8.99. The second-order valence-electron chi connectivity index (χ2n) is 4.33.